The van der Waals surface area contributed by atoms with Crippen LogP contribution in [0.25, 0.3) is 0 Å². The lowest BCUT2D eigenvalue weighted by Crippen LogP contribution is -2.51. The fourth-order valence-electron chi connectivity index (χ4n) is 5.76. The van der Waals surface area contributed by atoms with E-state index in [1.165, 1.54) is 7.11 Å². The van der Waals surface area contributed by atoms with E-state index >= 15 is 0 Å². The van der Waals surface area contributed by atoms with Crippen LogP contribution in [0.15, 0.2) is 72.8 Å². The number of benzene rings is 2. The van der Waals surface area contributed by atoms with Crippen LogP contribution in [0.2, 0.25) is 0 Å². The minimum Gasteiger partial charge on any atom is -0.454 e. The topological polar surface area (TPSA) is 152 Å². The molecule has 2 aromatic carbocycles. The number of aliphatic hydroxyl groups excluding tert-OH is 1. The molecule has 11 heteroatoms. The molecular formula is C34H43N3O8. The first-order valence-corrected chi connectivity index (χ1v) is 15.4. The Morgan fingerprint density at radius 3 is 2.33 bits per heavy atom. The summed E-state index contributed by atoms with van der Waals surface area (Å²) < 4.78 is 16.8. The van der Waals surface area contributed by atoms with E-state index in [2.05, 4.69) is 16.0 Å². The number of aliphatic hydroxyl groups is 1. The molecule has 3 amide bonds. The Hall–Kier alpha value is -4.22. The fraction of sp³-hybridized carbons (Fsp3) is 0.471. The Labute approximate surface area is 263 Å². The van der Waals surface area contributed by atoms with E-state index in [4.69, 9.17) is 14.2 Å². The lowest BCUT2D eigenvalue weighted by molar-refractivity contribution is -0.155. The van der Waals surface area contributed by atoms with E-state index < -0.39 is 47.6 Å². The van der Waals surface area contributed by atoms with Crippen molar-refractivity contribution in [1.29, 1.82) is 0 Å². The van der Waals surface area contributed by atoms with Crippen LogP contribution in [0, 0.1) is 5.92 Å². The minimum absolute atomic E-state index is 0.0121. The Morgan fingerprint density at radius 2 is 1.67 bits per heavy atom. The molecule has 0 saturated heterocycles. The van der Waals surface area contributed by atoms with Gasteiger partial charge in [0.2, 0.25) is 11.8 Å². The summed E-state index contributed by atoms with van der Waals surface area (Å²) in [5, 5.41) is 18.5. The van der Waals surface area contributed by atoms with Crippen molar-refractivity contribution in [1.82, 2.24) is 16.0 Å². The Kier molecular flexibility index (Phi) is 12.5. The van der Waals surface area contributed by atoms with E-state index in [1.807, 2.05) is 36.4 Å². The molecule has 1 heterocycles. The van der Waals surface area contributed by atoms with Gasteiger partial charge in [0.1, 0.15) is 18.8 Å². The third kappa shape index (κ3) is 9.89. The van der Waals surface area contributed by atoms with E-state index in [0.717, 1.165) is 18.4 Å². The first kappa shape index (κ1) is 33.7. The number of amides is 3. The molecule has 4 atom stereocenters. The average molecular weight is 622 g/mol. The maximum Gasteiger partial charge on any atom is 0.408 e. The number of carbonyl (C=O) groups excluding carboxylic acids is 4. The van der Waals surface area contributed by atoms with Gasteiger partial charge in [-0.05, 0) is 36.8 Å². The van der Waals surface area contributed by atoms with Gasteiger partial charge in [0.15, 0.2) is 0 Å². The van der Waals surface area contributed by atoms with E-state index in [0.29, 0.717) is 18.4 Å². The summed E-state index contributed by atoms with van der Waals surface area (Å²) in [6.07, 6.45) is 5.06. The molecule has 1 aliphatic heterocycles. The van der Waals surface area contributed by atoms with Gasteiger partial charge >= 0.3 is 12.1 Å². The van der Waals surface area contributed by atoms with Crippen molar-refractivity contribution in [2.75, 3.05) is 20.3 Å². The van der Waals surface area contributed by atoms with Crippen LogP contribution >= 0.6 is 0 Å². The maximum absolute atomic E-state index is 13.7. The van der Waals surface area contributed by atoms with Crippen molar-refractivity contribution in [2.24, 2.45) is 5.92 Å². The molecule has 4 rings (SSSR count). The Morgan fingerprint density at radius 1 is 1.00 bits per heavy atom. The van der Waals surface area contributed by atoms with Gasteiger partial charge in [-0.15, -0.1) is 0 Å². The van der Waals surface area contributed by atoms with Crippen LogP contribution in [0.1, 0.15) is 62.2 Å². The van der Waals surface area contributed by atoms with Crippen molar-refractivity contribution < 1.29 is 38.5 Å². The molecule has 11 nitrogen and oxygen atoms in total. The summed E-state index contributed by atoms with van der Waals surface area (Å²) in [5.74, 6) is -2.16. The molecule has 0 radical (unpaired) electrons. The van der Waals surface area contributed by atoms with Crippen molar-refractivity contribution in [3.63, 3.8) is 0 Å². The van der Waals surface area contributed by atoms with Gasteiger partial charge in [0.25, 0.3) is 0 Å². The predicted molar refractivity (Wildman–Crippen MR) is 166 cm³/mol. The SMILES string of the molecule is COCC1NC(=O)C(CC(=O)NC2(CO)CCCC2)CC=CCC(NC(=O)OCc2ccccc2)C(=O)OC1c1ccccc1. The van der Waals surface area contributed by atoms with Gasteiger partial charge in [0, 0.05) is 13.5 Å². The maximum atomic E-state index is 13.7. The molecule has 1 aliphatic carbocycles. The highest BCUT2D eigenvalue weighted by atomic mass is 16.6. The predicted octanol–water partition coefficient (Wildman–Crippen LogP) is 3.47. The van der Waals surface area contributed by atoms with E-state index in [-0.39, 0.29) is 45.0 Å². The summed E-state index contributed by atoms with van der Waals surface area (Å²) in [6.45, 7) is -0.115. The number of carbonyl (C=O) groups is 4. The van der Waals surface area contributed by atoms with Gasteiger partial charge in [-0.25, -0.2) is 9.59 Å². The summed E-state index contributed by atoms with van der Waals surface area (Å²) in [4.78, 5) is 53.1. The van der Waals surface area contributed by atoms with Crippen LogP contribution in [-0.2, 0) is 35.2 Å². The molecule has 242 valence electrons. The highest BCUT2D eigenvalue weighted by molar-refractivity contribution is 5.87. The van der Waals surface area contributed by atoms with Gasteiger partial charge < -0.3 is 35.3 Å². The number of ether oxygens (including phenoxy) is 3. The molecule has 45 heavy (non-hydrogen) atoms. The quantitative estimate of drug-likeness (QED) is 0.233. The Bertz CT molecular complexity index is 1300. The van der Waals surface area contributed by atoms with Crippen molar-refractivity contribution >= 4 is 23.9 Å². The molecule has 0 spiro atoms. The van der Waals surface area contributed by atoms with Crippen LogP contribution in [0.4, 0.5) is 4.79 Å². The molecule has 1 fully saturated rings. The minimum atomic E-state index is -1.08. The second kappa shape index (κ2) is 16.7. The van der Waals surface area contributed by atoms with Crippen molar-refractivity contribution in [2.45, 2.75) is 75.3 Å². The number of methoxy groups -OCH3 is 1. The van der Waals surface area contributed by atoms with Gasteiger partial charge in [0.05, 0.1) is 30.7 Å². The third-order valence-corrected chi connectivity index (χ3v) is 8.23. The molecule has 2 aromatic rings. The van der Waals surface area contributed by atoms with Crippen LogP contribution in [0.5, 0.6) is 0 Å². The van der Waals surface area contributed by atoms with E-state index in [1.54, 1.807) is 36.4 Å². The lowest BCUT2D eigenvalue weighted by Gasteiger charge is -2.31. The number of cyclic esters (lactones) is 1. The third-order valence-electron chi connectivity index (χ3n) is 8.23. The molecule has 2 aliphatic rings. The molecule has 0 bridgehead atoms. The number of rotatable bonds is 10. The number of alkyl carbamates (subject to hydrolysis) is 1. The molecular weight excluding hydrogens is 578 g/mol. The normalized spacial score (nSPS) is 23.5. The number of hydrogen-bond acceptors (Lipinski definition) is 8. The number of hydrogen-bond donors (Lipinski definition) is 4. The average Bonchev–Trinajstić information content (AvgIpc) is 3.52. The first-order chi connectivity index (χ1) is 21.8. The highest BCUT2D eigenvalue weighted by Gasteiger charge is 2.37. The van der Waals surface area contributed by atoms with Crippen LogP contribution < -0.4 is 16.0 Å². The molecule has 4 N–H and O–H groups in total. The zero-order valence-corrected chi connectivity index (χ0v) is 25.6. The summed E-state index contributed by atoms with van der Waals surface area (Å²) >= 11 is 0. The highest BCUT2D eigenvalue weighted by Crippen LogP contribution is 2.30. The smallest absolute Gasteiger partial charge is 0.408 e. The number of nitrogens with one attached hydrogen (secondary N) is 3. The zero-order valence-electron chi connectivity index (χ0n) is 25.6. The van der Waals surface area contributed by atoms with Gasteiger partial charge in [-0.1, -0.05) is 85.7 Å². The van der Waals surface area contributed by atoms with Crippen LogP contribution in [-0.4, -0.2) is 66.9 Å². The fourth-order valence-corrected chi connectivity index (χ4v) is 5.76. The van der Waals surface area contributed by atoms with Gasteiger partial charge in [-0.3, -0.25) is 9.59 Å². The number of esters is 1. The Balaban J connectivity index is 1.56. The first-order valence-electron chi connectivity index (χ1n) is 15.4. The monoisotopic (exact) mass is 621 g/mol. The van der Waals surface area contributed by atoms with Crippen molar-refractivity contribution in [3.8, 4) is 0 Å². The number of allylic oxidation sites excluding steroid dienone is 1. The zero-order chi connectivity index (χ0) is 32.1. The van der Waals surface area contributed by atoms with Crippen molar-refractivity contribution in [3.05, 3.63) is 83.9 Å². The molecule has 1 saturated carbocycles. The van der Waals surface area contributed by atoms with Crippen LogP contribution in [0.3, 0.4) is 0 Å². The molecule has 0 aromatic heterocycles. The second-order valence-corrected chi connectivity index (χ2v) is 11.6. The van der Waals surface area contributed by atoms with Gasteiger partial charge in [-0.2, -0.15) is 0 Å². The summed E-state index contributed by atoms with van der Waals surface area (Å²) in [5.41, 5.74) is 0.754. The largest absolute Gasteiger partial charge is 0.454 e. The lowest BCUT2D eigenvalue weighted by atomic mass is 9.94. The standard InChI is InChI=1S/C34H43N3O8/c1-43-22-28-30(25-14-6-3-7-15-25)45-32(41)27(36-33(42)44-21-24-12-4-2-5-13-24)17-9-8-16-26(31(40)35-28)20-29(39)37-34(23-38)18-10-11-19-34/h2-9,12-15,26-28,30,38H,10-11,16-23H2,1H3,(H,35,40)(H,36,42)(H,37,39). The van der Waals surface area contributed by atoms with E-state index in [9.17, 15) is 24.3 Å². The second-order valence-electron chi connectivity index (χ2n) is 11.6. The summed E-state index contributed by atoms with van der Waals surface area (Å²) in [6, 6.07) is 16.2. The molecule has 4 unspecified atom stereocenters. The summed E-state index contributed by atoms with van der Waals surface area (Å²) in [7, 11) is 1.48.